The van der Waals surface area contributed by atoms with Gasteiger partial charge in [0.15, 0.2) is 0 Å². The van der Waals surface area contributed by atoms with Crippen LogP contribution in [0.1, 0.15) is 44.7 Å². The fourth-order valence-electron chi connectivity index (χ4n) is 3.17. The molecule has 1 aromatic carbocycles. The van der Waals surface area contributed by atoms with Crippen molar-refractivity contribution in [3.05, 3.63) is 29.3 Å². The standard InChI is InChI=1S/C21H31N3O4/c1-6-28-20(27)24-12-10-16(11-13-24)22-18(25)21(4,5)19(26)23-17-14(2)8-7-9-15(17)3/h7-9,16H,6,10-13H2,1-5H3,(H,22,25)(H,23,26). The summed E-state index contributed by atoms with van der Waals surface area (Å²) in [6.07, 6.45) is 0.957. The molecule has 1 fully saturated rings. The van der Waals surface area contributed by atoms with Gasteiger partial charge in [-0.1, -0.05) is 18.2 Å². The summed E-state index contributed by atoms with van der Waals surface area (Å²) in [6, 6.07) is 5.71. The van der Waals surface area contributed by atoms with Gasteiger partial charge in [-0.25, -0.2) is 4.79 Å². The van der Waals surface area contributed by atoms with E-state index < -0.39 is 5.41 Å². The third-order valence-corrected chi connectivity index (χ3v) is 5.21. The van der Waals surface area contributed by atoms with Crippen LogP contribution in [0.3, 0.4) is 0 Å². The molecule has 154 valence electrons. The second-order valence-electron chi connectivity index (χ2n) is 7.78. The number of rotatable bonds is 5. The van der Waals surface area contributed by atoms with E-state index in [-0.39, 0.29) is 23.9 Å². The van der Waals surface area contributed by atoms with E-state index in [2.05, 4.69) is 10.6 Å². The maximum atomic E-state index is 12.8. The number of aryl methyl sites for hydroxylation is 2. The van der Waals surface area contributed by atoms with Crippen LogP contribution in [-0.2, 0) is 14.3 Å². The third-order valence-electron chi connectivity index (χ3n) is 5.21. The van der Waals surface area contributed by atoms with Gasteiger partial charge in [-0.15, -0.1) is 0 Å². The van der Waals surface area contributed by atoms with Gasteiger partial charge in [-0.3, -0.25) is 9.59 Å². The highest BCUT2D eigenvalue weighted by Crippen LogP contribution is 2.24. The Morgan fingerprint density at radius 2 is 1.68 bits per heavy atom. The lowest BCUT2D eigenvalue weighted by molar-refractivity contribution is -0.139. The predicted molar refractivity (Wildman–Crippen MR) is 108 cm³/mol. The molecule has 0 aliphatic carbocycles. The Morgan fingerprint density at radius 3 is 2.21 bits per heavy atom. The normalized spacial score (nSPS) is 15.1. The highest BCUT2D eigenvalue weighted by Gasteiger charge is 2.38. The molecule has 0 spiro atoms. The molecule has 28 heavy (non-hydrogen) atoms. The van der Waals surface area contributed by atoms with Gasteiger partial charge in [-0.2, -0.15) is 0 Å². The zero-order valence-corrected chi connectivity index (χ0v) is 17.4. The molecule has 3 amide bonds. The number of carbonyl (C=O) groups excluding carboxylic acids is 3. The number of hydrogen-bond donors (Lipinski definition) is 2. The van der Waals surface area contributed by atoms with Crippen molar-refractivity contribution in [2.75, 3.05) is 25.0 Å². The molecule has 2 N–H and O–H groups in total. The van der Waals surface area contributed by atoms with Crippen molar-refractivity contribution in [1.82, 2.24) is 10.2 Å². The van der Waals surface area contributed by atoms with Crippen molar-refractivity contribution in [2.45, 2.75) is 53.5 Å². The van der Waals surface area contributed by atoms with E-state index in [0.717, 1.165) is 16.8 Å². The second kappa shape index (κ2) is 9.08. The van der Waals surface area contributed by atoms with Crippen LogP contribution in [0.5, 0.6) is 0 Å². The van der Waals surface area contributed by atoms with Crippen molar-refractivity contribution >= 4 is 23.6 Å². The molecule has 7 nitrogen and oxygen atoms in total. The molecule has 0 unspecified atom stereocenters. The minimum Gasteiger partial charge on any atom is -0.450 e. The maximum absolute atomic E-state index is 12.8. The first kappa shape index (κ1) is 21.7. The highest BCUT2D eigenvalue weighted by atomic mass is 16.6. The van der Waals surface area contributed by atoms with Crippen LogP contribution in [0.15, 0.2) is 18.2 Å². The van der Waals surface area contributed by atoms with E-state index in [1.165, 1.54) is 0 Å². The number of benzene rings is 1. The number of amides is 3. The Bertz CT molecular complexity index is 717. The lowest BCUT2D eigenvalue weighted by Crippen LogP contribution is -2.52. The zero-order valence-electron chi connectivity index (χ0n) is 17.4. The van der Waals surface area contributed by atoms with Crippen molar-refractivity contribution in [3.8, 4) is 0 Å². The van der Waals surface area contributed by atoms with Gasteiger partial charge in [0.25, 0.3) is 0 Å². The van der Waals surface area contributed by atoms with E-state index in [0.29, 0.717) is 32.5 Å². The Kier molecular flexibility index (Phi) is 7.05. The molecule has 7 heteroatoms. The number of anilines is 1. The van der Waals surface area contributed by atoms with E-state index in [4.69, 9.17) is 4.74 Å². The molecule has 2 rings (SSSR count). The van der Waals surface area contributed by atoms with E-state index in [1.807, 2.05) is 32.0 Å². The lowest BCUT2D eigenvalue weighted by Gasteiger charge is -2.33. The number of hydrogen-bond acceptors (Lipinski definition) is 4. The Hall–Kier alpha value is -2.57. The van der Waals surface area contributed by atoms with E-state index >= 15 is 0 Å². The summed E-state index contributed by atoms with van der Waals surface area (Å²) in [5.41, 5.74) is 1.44. The van der Waals surface area contributed by atoms with Gasteiger partial charge in [0, 0.05) is 24.8 Å². The molecule has 1 aliphatic rings. The molecule has 1 aliphatic heterocycles. The second-order valence-corrected chi connectivity index (χ2v) is 7.78. The molecule has 1 saturated heterocycles. The molecule has 0 bridgehead atoms. The summed E-state index contributed by atoms with van der Waals surface area (Å²) in [5, 5.41) is 5.87. The number of nitrogens with zero attached hydrogens (tertiary/aromatic N) is 1. The van der Waals surface area contributed by atoms with Gasteiger partial charge in [0.1, 0.15) is 5.41 Å². The van der Waals surface area contributed by atoms with Gasteiger partial charge >= 0.3 is 6.09 Å². The number of carbonyl (C=O) groups is 3. The topological polar surface area (TPSA) is 87.7 Å². The van der Waals surface area contributed by atoms with Crippen LogP contribution in [0.4, 0.5) is 10.5 Å². The highest BCUT2D eigenvalue weighted by molar-refractivity contribution is 6.10. The quantitative estimate of drug-likeness (QED) is 0.758. The first-order valence-corrected chi connectivity index (χ1v) is 9.77. The minimum atomic E-state index is -1.22. The molecular formula is C21H31N3O4. The van der Waals surface area contributed by atoms with E-state index in [9.17, 15) is 14.4 Å². The van der Waals surface area contributed by atoms with Crippen molar-refractivity contribution in [3.63, 3.8) is 0 Å². The molecule has 0 aromatic heterocycles. The average Bonchev–Trinajstić information content (AvgIpc) is 2.65. The van der Waals surface area contributed by atoms with Crippen LogP contribution in [-0.4, -0.2) is 48.5 Å². The number of nitrogens with one attached hydrogen (secondary N) is 2. The summed E-state index contributed by atoms with van der Waals surface area (Å²) in [7, 11) is 0. The first-order valence-electron chi connectivity index (χ1n) is 9.77. The zero-order chi connectivity index (χ0) is 20.9. The van der Waals surface area contributed by atoms with Crippen LogP contribution in [0.25, 0.3) is 0 Å². The van der Waals surface area contributed by atoms with Crippen LogP contribution >= 0.6 is 0 Å². The van der Waals surface area contributed by atoms with E-state index in [1.54, 1.807) is 25.7 Å². The fourth-order valence-corrected chi connectivity index (χ4v) is 3.17. The number of para-hydroxylation sites is 1. The summed E-state index contributed by atoms with van der Waals surface area (Å²) in [5.74, 6) is -0.655. The summed E-state index contributed by atoms with van der Waals surface area (Å²) in [4.78, 5) is 39.0. The average molecular weight is 389 g/mol. The van der Waals surface area contributed by atoms with Crippen molar-refractivity contribution in [2.24, 2.45) is 5.41 Å². The van der Waals surface area contributed by atoms with Gasteiger partial charge < -0.3 is 20.3 Å². The fraction of sp³-hybridized carbons (Fsp3) is 0.571. The summed E-state index contributed by atoms with van der Waals surface area (Å²) >= 11 is 0. The molecular weight excluding hydrogens is 358 g/mol. The SMILES string of the molecule is CCOC(=O)N1CCC(NC(=O)C(C)(C)C(=O)Nc2c(C)cccc2C)CC1. The monoisotopic (exact) mass is 389 g/mol. The smallest absolute Gasteiger partial charge is 0.409 e. The Balaban J connectivity index is 1.94. The number of piperidine rings is 1. The van der Waals surface area contributed by atoms with Crippen LogP contribution in [0, 0.1) is 19.3 Å². The maximum Gasteiger partial charge on any atom is 0.409 e. The first-order chi connectivity index (χ1) is 13.2. The molecule has 1 aromatic rings. The minimum absolute atomic E-state index is 0.0644. The molecule has 0 saturated carbocycles. The summed E-state index contributed by atoms with van der Waals surface area (Å²) in [6.45, 7) is 10.3. The predicted octanol–water partition coefficient (Wildman–Crippen LogP) is 3.01. The van der Waals surface area contributed by atoms with Crippen LogP contribution < -0.4 is 10.6 Å². The van der Waals surface area contributed by atoms with Gasteiger partial charge in [0.05, 0.1) is 6.61 Å². The molecule has 1 heterocycles. The Morgan fingerprint density at radius 1 is 1.11 bits per heavy atom. The third kappa shape index (κ3) is 5.03. The van der Waals surface area contributed by atoms with Crippen molar-refractivity contribution < 1.29 is 19.1 Å². The summed E-state index contributed by atoms with van der Waals surface area (Å²) < 4.78 is 5.01. The Labute approximate surface area is 166 Å². The lowest BCUT2D eigenvalue weighted by atomic mass is 9.89. The van der Waals surface area contributed by atoms with Gasteiger partial charge in [-0.05, 0) is 58.6 Å². The number of ether oxygens (including phenoxy) is 1. The van der Waals surface area contributed by atoms with Crippen LogP contribution in [0.2, 0.25) is 0 Å². The molecule has 0 radical (unpaired) electrons. The largest absolute Gasteiger partial charge is 0.450 e. The van der Waals surface area contributed by atoms with Crippen molar-refractivity contribution in [1.29, 1.82) is 0 Å². The number of likely N-dealkylation sites (tertiary alicyclic amines) is 1. The molecule has 0 atom stereocenters. The van der Waals surface area contributed by atoms with Gasteiger partial charge in [0.2, 0.25) is 11.8 Å².